The second-order valence-electron chi connectivity index (χ2n) is 5.46. The van der Waals surface area contributed by atoms with Crippen LogP contribution >= 0.6 is 0 Å². The second-order valence-corrected chi connectivity index (χ2v) is 5.46. The maximum atomic E-state index is 11.3. The lowest BCUT2D eigenvalue weighted by atomic mass is 9.91. The van der Waals surface area contributed by atoms with Crippen LogP contribution in [-0.4, -0.2) is 19.0 Å². The molecule has 1 aromatic rings. The Labute approximate surface area is 115 Å². The molecule has 1 aliphatic rings. The summed E-state index contributed by atoms with van der Waals surface area (Å²) >= 11 is 0. The van der Waals surface area contributed by atoms with E-state index in [0.717, 1.165) is 24.3 Å². The van der Waals surface area contributed by atoms with Crippen LogP contribution in [0.15, 0.2) is 24.3 Å². The molecule has 1 heterocycles. The van der Waals surface area contributed by atoms with Crippen molar-refractivity contribution in [2.75, 3.05) is 13.1 Å². The van der Waals surface area contributed by atoms with Crippen molar-refractivity contribution in [3.05, 3.63) is 35.4 Å². The number of carbonyl (C=O) groups is 1. The molecular weight excluding hydrogens is 236 g/mol. The highest BCUT2D eigenvalue weighted by atomic mass is 16.1. The second kappa shape index (κ2) is 7.29. The summed E-state index contributed by atoms with van der Waals surface area (Å²) in [7, 11) is 0. The summed E-state index contributed by atoms with van der Waals surface area (Å²) < 4.78 is 0. The summed E-state index contributed by atoms with van der Waals surface area (Å²) in [6.07, 6.45) is 7.31. The first kappa shape index (κ1) is 14.1. The van der Waals surface area contributed by atoms with E-state index >= 15 is 0 Å². The number of hydrogen-bond acceptors (Lipinski definition) is 2. The van der Waals surface area contributed by atoms with Gasteiger partial charge in [0.2, 0.25) is 5.91 Å². The number of unbranched alkanes of at least 4 members (excludes halogenated alkanes) is 1. The van der Waals surface area contributed by atoms with E-state index < -0.39 is 0 Å². The van der Waals surface area contributed by atoms with Crippen molar-refractivity contribution in [2.24, 2.45) is 11.7 Å². The maximum absolute atomic E-state index is 11.3. The Morgan fingerprint density at radius 3 is 2.68 bits per heavy atom. The van der Waals surface area contributed by atoms with Crippen molar-refractivity contribution in [3.8, 4) is 0 Å². The van der Waals surface area contributed by atoms with E-state index in [2.05, 4.69) is 5.32 Å². The Morgan fingerprint density at radius 1 is 1.21 bits per heavy atom. The lowest BCUT2D eigenvalue weighted by Gasteiger charge is -2.22. The van der Waals surface area contributed by atoms with Gasteiger partial charge in [0, 0.05) is 5.56 Å². The Balaban J connectivity index is 1.74. The molecule has 1 saturated heterocycles. The van der Waals surface area contributed by atoms with Crippen LogP contribution in [0.3, 0.4) is 0 Å². The predicted molar refractivity (Wildman–Crippen MR) is 78.1 cm³/mol. The first-order chi connectivity index (χ1) is 9.27. The van der Waals surface area contributed by atoms with Gasteiger partial charge >= 0.3 is 0 Å². The Morgan fingerprint density at radius 2 is 1.95 bits per heavy atom. The normalized spacial score (nSPS) is 16.4. The molecule has 19 heavy (non-hydrogen) atoms. The Kier molecular flexibility index (Phi) is 5.40. The van der Waals surface area contributed by atoms with Gasteiger partial charge in [0.15, 0.2) is 0 Å². The van der Waals surface area contributed by atoms with Crippen LogP contribution in [0, 0.1) is 5.92 Å². The minimum Gasteiger partial charge on any atom is -0.366 e. The van der Waals surface area contributed by atoms with Gasteiger partial charge in [-0.15, -0.1) is 0 Å². The van der Waals surface area contributed by atoms with Crippen LogP contribution in [0.4, 0.5) is 0 Å². The molecule has 1 aliphatic heterocycles. The van der Waals surface area contributed by atoms with Crippen molar-refractivity contribution in [2.45, 2.75) is 38.5 Å². The SMILES string of the molecule is NC(=O)c1ccccc1CCCCC1CCNCC1. The van der Waals surface area contributed by atoms with Crippen LogP contribution in [0.5, 0.6) is 0 Å². The number of piperidine rings is 1. The van der Waals surface area contributed by atoms with Gasteiger partial charge in [-0.2, -0.15) is 0 Å². The van der Waals surface area contributed by atoms with E-state index in [4.69, 9.17) is 5.73 Å². The summed E-state index contributed by atoms with van der Waals surface area (Å²) in [4.78, 5) is 11.3. The van der Waals surface area contributed by atoms with Crippen molar-refractivity contribution in [3.63, 3.8) is 0 Å². The van der Waals surface area contributed by atoms with E-state index in [0.29, 0.717) is 5.56 Å². The third-order valence-corrected chi connectivity index (χ3v) is 4.05. The molecule has 2 rings (SSSR count). The van der Waals surface area contributed by atoms with Crippen LogP contribution in [0.2, 0.25) is 0 Å². The van der Waals surface area contributed by atoms with E-state index in [1.54, 1.807) is 0 Å². The molecule has 3 nitrogen and oxygen atoms in total. The minimum absolute atomic E-state index is 0.311. The molecule has 1 amide bonds. The fourth-order valence-corrected chi connectivity index (χ4v) is 2.90. The van der Waals surface area contributed by atoms with Gasteiger partial charge in [0.1, 0.15) is 0 Å². The molecule has 0 bridgehead atoms. The fraction of sp³-hybridized carbons (Fsp3) is 0.562. The highest BCUT2D eigenvalue weighted by Crippen LogP contribution is 2.20. The zero-order chi connectivity index (χ0) is 13.5. The van der Waals surface area contributed by atoms with E-state index in [1.807, 2.05) is 24.3 Å². The number of amides is 1. The summed E-state index contributed by atoms with van der Waals surface area (Å²) in [5, 5.41) is 3.40. The van der Waals surface area contributed by atoms with Crippen LogP contribution in [-0.2, 0) is 6.42 Å². The summed E-state index contributed by atoms with van der Waals surface area (Å²) in [5.41, 5.74) is 7.17. The predicted octanol–water partition coefficient (Wildman–Crippen LogP) is 2.50. The van der Waals surface area contributed by atoms with Gasteiger partial charge in [-0.25, -0.2) is 0 Å². The Hall–Kier alpha value is -1.35. The molecule has 0 unspecified atom stereocenters. The molecule has 3 heteroatoms. The number of rotatable bonds is 6. The maximum Gasteiger partial charge on any atom is 0.248 e. The molecule has 0 aromatic heterocycles. The molecular formula is C16H24N2O. The number of benzene rings is 1. The lowest BCUT2D eigenvalue weighted by molar-refractivity contribution is 0.0999. The molecule has 3 N–H and O–H groups in total. The molecule has 0 radical (unpaired) electrons. The zero-order valence-corrected chi connectivity index (χ0v) is 11.5. The smallest absolute Gasteiger partial charge is 0.248 e. The number of aryl methyl sites for hydroxylation is 1. The molecule has 0 aliphatic carbocycles. The highest BCUT2D eigenvalue weighted by Gasteiger charge is 2.12. The number of primary amides is 1. The first-order valence-electron chi connectivity index (χ1n) is 7.36. The largest absolute Gasteiger partial charge is 0.366 e. The average molecular weight is 260 g/mol. The Bertz CT molecular complexity index is 411. The van der Waals surface area contributed by atoms with Crippen LogP contribution in [0.25, 0.3) is 0 Å². The monoisotopic (exact) mass is 260 g/mol. The highest BCUT2D eigenvalue weighted by molar-refractivity contribution is 5.94. The lowest BCUT2D eigenvalue weighted by Crippen LogP contribution is -2.27. The van der Waals surface area contributed by atoms with Gasteiger partial charge < -0.3 is 11.1 Å². The number of nitrogens with two attached hydrogens (primary N) is 1. The van der Waals surface area contributed by atoms with Gasteiger partial charge in [0.05, 0.1) is 0 Å². The summed E-state index contributed by atoms with van der Waals surface area (Å²) in [6.45, 7) is 2.35. The zero-order valence-electron chi connectivity index (χ0n) is 11.5. The van der Waals surface area contributed by atoms with Crippen LogP contribution in [0.1, 0.15) is 48.0 Å². The summed E-state index contributed by atoms with van der Waals surface area (Å²) in [6, 6.07) is 7.70. The van der Waals surface area contributed by atoms with E-state index in [1.165, 1.54) is 38.8 Å². The molecule has 0 saturated carbocycles. The van der Waals surface area contributed by atoms with Crippen molar-refractivity contribution in [1.82, 2.24) is 5.32 Å². The number of carbonyl (C=O) groups excluding carboxylic acids is 1. The standard InChI is InChI=1S/C16H24N2O/c17-16(19)15-8-4-3-7-14(15)6-2-1-5-13-9-11-18-12-10-13/h3-4,7-8,13,18H,1-2,5-6,9-12H2,(H2,17,19). The van der Waals surface area contributed by atoms with E-state index in [-0.39, 0.29) is 5.91 Å². The van der Waals surface area contributed by atoms with Crippen molar-refractivity contribution < 1.29 is 4.79 Å². The van der Waals surface area contributed by atoms with Gasteiger partial charge in [-0.1, -0.05) is 31.0 Å². The molecule has 104 valence electrons. The fourth-order valence-electron chi connectivity index (χ4n) is 2.90. The first-order valence-corrected chi connectivity index (χ1v) is 7.36. The molecule has 1 fully saturated rings. The summed E-state index contributed by atoms with van der Waals surface area (Å²) in [5.74, 6) is 0.585. The van der Waals surface area contributed by atoms with Crippen molar-refractivity contribution >= 4 is 5.91 Å². The topological polar surface area (TPSA) is 55.1 Å². The minimum atomic E-state index is -0.311. The van der Waals surface area contributed by atoms with Gasteiger partial charge in [0.25, 0.3) is 0 Å². The number of hydrogen-bond donors (Lipinski definition) is 2. The third-order valence-electron chi connectivity index (χ3n) is 4.05. The average Bonchev–Trinajstić information content (AvgIpc) is 2.45. The van der Waals surface area contributed by atoms with E-state index in [9.17, 15) is 4.79 Å². The molecule has 0 atom stereocenters. The van der Waals surface area contributed by atoms with Gasteiger partial charge in [-0.3, -0.25) is 4.79 Å². The third kappa shape index (κ3) is 4.35. The van der Waals surface area contributed by atoms with Crippen LogP contribution < -0.4 is 11.1 Å². The number of nitrogens with one attached hydrogen (secondary N) is 1. The van der Waals surface area contributed by atoms with Gasteiger partial charge in [-0.05, 0) is 56.3 Å². The molecule has 0 spiro atoms. The quantitative estimate of drug-likeness (QED) is 0.772. The van der Waals surface area contributed by atoms with Crippen molar-refractivity contribution in [1.29, 1.82) is 0 Å². The molecule has 1 aromatic carbocycles.